The summed E-state index contributed by atoms with van der Waals surface area (Å²) in [4.78, 5) is 12.6. The molecule has 0 aliphatic carbocycles. The molecule has 0 saturated carbocycles. The van der Waals surface area contributed by atoms with E-state index in [4.69, 9.17) is 23.2 Å². The molecule has 0 unspecified atom stereocenters. The highest BCUT2D eigenvalue weighted by Crippen LogP contribution is 2.26. The molecule has 0 aromatic heterocycles. The van der Waals surface area contributed by atoms with Crippen LogP contribution in [0.2, 0.25) is 10.0 Å². The Labute approximate surface area is 175 Å². The largest absolute Gasteiger partial charge is 0.289 e. The van der Waals surface area contributed by atoms with Gasteiger partial charge >= 0.3 is 0 Å². The lowest BCUT2D eigenvalue weighted by Crippen LogP contribution is -2.31. The van der Waals surface area contributed by atoms with Gasteiger partial charge in [-0.25, -0.2) is 8.42 Å². The van der Waals surface area contributed by atoms with Crippen LogP contribution < -0.4 is 0 Å². The molecule has 2 aromatic carbocycles. The number of carbonyl (C=O) groups is 1. The van der Waals surface area contributed by atoms with Crippen LogP contribution in [0.5, 0.6) is 0 Å². The van der Waals surface area contributed by atoms with E-state index in [1.807, 2.05) is 0 Å². The molecule has 1 aliphatic rings. The molecule has 1 fully saturated rings. The number of nitrogens with zero attached hydrogens (tertiary/aromatic N) is 1. The summed E-state index contributed by atoms with van der Waals surface area (Å²) < 4.78 is 27.1. The van der Waals surface area contributed by atoms with E-state index in [1.165, 1.54) is 34.6 Å². The fraction of sp³-hybridized carbons (Fsp3) is 0.286. The van der Waals surface area contributed by atoms with Gasteiger partial charge in [-0.3, -0.25) is 4.79 Å². The minimum atomic E-state index is -3.53. The smallest absolute Gasteiger partial charge is 0.243 e. The first-order valence-corrected chi connectivity index (χ1v) is 11.4. The minimum Gasteiger partial charge on any atom is -0.289 e. The average molecular weight is 438 g/mol. The average Bonchev–Trinajstić information content (AvgIpc) is 2.97. The molecule has 3 rings (SSSR count). The van der Waals surface area contributed by atoms with E-state index < -0.39 is 10.0 Å². The van der Waals surface area contributed by atoms with Crippen LogP contribution in [0.25, 0.3) is 6.08 Å². The Balaban J connectivity index is 1.76. The third kappa shape index (κ3) is 4.84. The molecule has 1 saturated heterocycles. The first-order valence-electron chi connectivity index (χ1n) is 9.16. The fourth-order valence-electron chi connectivity index (χ4n) is 3.15. The van der Waals surface area contributed by atoms with Gasteiger partial charge in [0.05, 0.1) is 4.90 Å². The van der Waals surface area contributed by atoms with E-state index in [-0.39, 0.29) is 10.7 Å². The molecule has 1 heterocycles. The number of carbonyl (C=O) groups excluding carboxylic acids is 1. The zero-order valence-corrected chi connectivity index (χ0v) is 17.6. The van der Waals surface area contributed by atoms with Crippen LogP contribution in [0.3, 0.4) is 0 Å². The van der Waals surface area contributed by atoms with Gasteiger partial charge in [-0.2, -0.15) is 4.31 Å². The molecule has 28 heavy (non-hydrogen) atoms. The number of allylic oxidation sites excluding steroid dienone is 1. The Kier molecular flexibility index (Phi) is 6.94. The maximum atomic E-state index is 12.8. The second kappa shape index (κ2) is 9.23. The van der Waals surface area contributed by atoms with Crippen LogP contribution >= 0.6 is 23.2 Å². The van der Waals surface area contributed by atoms with Gasteiger partial charge in [0, 0.05) is 34.3 Å². The first-order chi connectivity index (χ1) is 13.4. The van der Waals surface area contributed by atoms with Gasteiger partial charge in [-0.05, 0) is 61.4 Å². The maximum absolute atomic E-state index is 12.8. The van der Waals surface area contributed by atoms with Crippen LogP contribution in [0.4, 0.5) is 0 Å². The lowest BCUT2D eigenvalue weighted by atomic mass is 10.1. The topological polar surface area (TPSA) is 54.5 Å². The number of ketones is 1. The molecule has 148 valence electrons. The molecule has 0 radical (unpaired) electrons. The molecule has 4 nitrogen and oxygen atoms in total. The van der Waals surface area contributed by atoms with Crippen molar-refractivity contribution in [2.45, 2.75) is 30.6 Å². The predicted molar refractivity (Wildman–Crippen MR) is 113 cm³/mol. The predicted octanol–water partition coefficient (Wildman–Crippen LogP) is 5.45. The summed E-state index contributed by atoms with van der Waals surface area (Å²) in [5.41, 5.74) is 0.966. The number of benzene rings is 2. The summed E-state index contributed by atoms with van der Waals surface area (Å²) in [5, 5.41) is 0.908. The van der Waals surface area contributed by atoms with Gasteiger partial charge < -0.3 is 0 Å². The summed E-state index contributed by atoms with van der Waals surface area (Å²) in [6, 6.07) is 11.2. The van der Waals surface area contributed by atoms with Crippen molar-refractivity contribution in [3.63, 3.8) is 0 Å². The number of hydrogen-bond donors (Lipinski definition) is 0. The summed E-state index contributed by atoms with van der Waals surface area (Å²) in [6.45, 7) is 1.09. The van der Waals surface area contributed by atoms with Crippen molar-refractivity contribution in [3.05, 3.63) is 69.7 Å². The number of sulfonamides is 1. The van der Waals surface area contributed by atoms with Gasteiger partial charge in [-0.15, -0.1) is 0 Å². The number of rotatable bonds is 5. The van der Waals surface area contributed by atoms with Gasteiger partial charge in [0.1, 0.15) is 0 Å². The summed E-state index contributed by atoms with van der Waals surface area (Å²) in [6.07, 6.45) is 6.82. The van der Waals surface area contributed by atoms with Crippen LogP contribution in [-0.2, 0) is 10.0 Å². The molecule has 0 bridgehead atoms. The van der Waals surface area contributed by atoms with E-state index in [2.05, 4.69) is 0 Å². The van der Waals surface area contributed by atoms with Gasteiger partial charge in [0.25, 0.3) is 0 Å². The second-order valence-corrected chi connectivity index (χ2v) is 9.43. The van der Waals surface area contributed by atoms with Crippen LogP contribution in [0, 0.1) is 0 Å². The highest BCUT2D eigenvalue weighted by molar-refractivity contribution is 7.89. The highest BCUT2D eigenvalue weighted by Gasteiger charge is 2.25. The molecule has 0 N–H and O–H groups in total. The Morgan fingerprint density at radius 1 is 0.893 bits per heavy atom. The van der Waals surface area contributed by atoms with Crippen molar-refractivity contribution < 1.29 is 13.2 Å². The molecular formula is C21H21Cl2NO3S. The van der Waals surface area contributed by atoms with Crippen molar-refractivity contribution >= 4 is 45.1 Å². The Morgan fingerprint density at radius 2 is 1.46 bits per heavy atom. The Morgan fingerprint density at radius 3 is 2.04 bits per heavy atom. The summed E-state index contributed by atoms with van der Waals surface area (Å²) in [7, 11) is -3.53. The number of hydrogen-bond acceptors (Lipinski definition) is 3. The highest BCUT2D eigenvalue weighted by atomic mass is 35.5. The molecular weight excluding hydrogens is 417 g/mol. The van der Waals surface area contributed by atoms with Crippen LogP contribution in [0.1, 0.15) is 41.6 Å². The lowest BCUT2D eigenvalue weighted by molar-refractivity contribution is 0.104. The SMILES string of the molecule is O=C(C=Cc1c(Cl)cccc1Cl)c1ccc(S(=O)(=O)N2CCCCCC2)cc1. The Hall–Kier alpha value is -1.66. The van der Waals surface area contributed by atoms with E-state index in [1.54, 1.807) is 24.3 Å². The fourth-order valence-corrected chi connectivity index (χ4v) is 5.19. The van der Waals surface area contributed by atoms with Crippen molar-refractivity contribution in [3.8, 4) is 0 Å². The van der Waals surface area contributed by atoms with E-state index in [0.717, 1.165) is 25.7 Å². The van der Waals surface area contributed by atoms with Gasteiger partial charge in [0.15, 0.2) is 5.78 Å². The monoisotopic (exact) mass is 437 g/mol. The normalized spacial score (nSPS) is 16.2. The Bertz CT molecular complexity index is 957. The van der Waals surface area contributed by atoms with Crippen molar-refractivity contribution in [2.24, 2.45) is 0 Å². The molecule has 2 aromatic rings. The van der Waals surface area contributed by atoms with E-state index in [0.29, 0.717) is 34.3 Å². The van der Waals surface area contributed by atoms with Crippen molar-refractivity contribution in [2.75, 3.05) is 13.1 Å². The molecule has 0 spiro atoms. The molecule has 7 heteroatoms. The molecule has 1 aliphatic heterocycles. The summed E-state index contributed by atoms with van der Waals surface area (Å²) in [5.74, 6) is -0.255. The standard InChI is InChI=1S/C21H21Cl2NO3S/c22-19-6-5-7-20(23)18(19)12-13-21(25)16-8-10-17(11-9-16)28(26,27)24-14-3-1-2-4-15-24/h5-13H,1-4,14-15H2. The van der Waals surface area contributed by atoms with Gasteiger partial charge in [-0.1, -0.05) is 42.1 Å². The number of halogens is 2. The molecule has 0 atom stereocenters. The minimum absolute atomic E-state index is 0.212. The van der Waals surface area contributed by atoms with E-state index in [9.17, 15) is 13.2 Å². The summed E-state index contributed by atoms with van der Waals surface area (Å²) >= 11 is 12.2. The third-order valence-corrected chi connectivity index (χ3v) is 7.31. The van der Waals surface area contributed by atoms with Crippen LogP contribution in [-0.4, -0.2) is 31.6 Å². The van der Waals surface area contributed by atoms with Crippen molar-refractivity contribution in [1.82, 2.24) is 4.31 Å². The lowest BCUT2D eigenvalue weighted by Gasteiger charge is -2.19. The van der Waals surface area contributed by atoms with Crippen molar-refractivity contribution in [1.29, 1.82) is 0 Å². The zero-order chi connectivity index (χ0) is 20.1. The van der Waals surface area contributed by atoms with Crippen LogP contribution in [0.15, 0.2) is 53.4 Å². The second-order valence-electron chi connectivity index (χ2n) is 6.68. The zero-order valence-electron chi connectivity index (χ0n) is 15.3. The third-order valence-electron chi connectivity index (χ3n) is 4.74. The first kappa shape index (κ1) is 21.1. The molecule has 0 amide bonds. The van der Waals surface area contributed by atoms with Gasteiger partial charge in [0.2, 0.25) is 10.0 Å². The maximum Gasteiger partial charge on any atom is 0.243 e. The van der Waals surface area contributed by atoms with E-state index >= 15 is 0 Å². The quantitative estimate of drug-likeness (QED) is 0.461.